The number of methoxy groups -OCH3 is 2. The zero-order valence-corrected chi connectivity index (χ0v) is 22.6. The van der Waals surface area contributed by atoms with Crippen LogP contribution in [0.25, 0.3) is 11.0 Å². The number of ketones is 1. The first-order chi connectivity index (χ1) is 18.2. The van der Waals surface area contributed by atoms with Crippen molar-refractivity contribution < 1.29 is 19.1 Å². The second-order valence-electron chi connectivity index (χ2n) is 8.46. The summed E-state index contributed by atoms with van der Waals surface area (Å²) >= 11 is 12.5. The minimum Gasteiger partial charge on any atom is -0.481 e. The van der Waals surface area contributed by atoms with Gasteiger partial charge in [0.15, 0.2) is 5.78 Å². The largest absolute Gasteiger partial charge is 0.481 e. The van der Waals surface area contributed by atoms with E-state index in [0.717, 1.165) is 0 Å². The first-order valence-electron chi connectivity index (χ1n) is 11.7. The van der Waals surface area contributed by atoms with Crippen molar-refractivity contribution in [3.05, 3.63) is 75.6 Å². The van der Waals surface area contributed by atoms with Crippen LogP contribution in [0.2, 0.25) is 10.0 Å². The molecule has 0 saturated heterocycles. The zero-order chi connectivity index (χ0) is 27.4. The standard InChI is InChI=1S/C26H26Cl2N6O4/c1-32(25(36)24-30-21(37-2)14-22(31-24)38-3)12-5-13-33-23-18(28)6-4-7-19(23)34(26(33)29)15-20(35)16-8-10-17(27)11-9-16/h4,6-11,14,29H,5,12-13,15H2,1-3H3. The Morgan fingerprint density at radius 1 is 1.00 bits per heavy atom. The number of fused-ring (bicyclic) bond motifs is 1. The maximum absolute atomic E-state index is 13.0. The summed E-state index contributed by atoms with van der Waals surface area (Å²) in [5.74, 6) is -0.152. The van der Waals surface area contributed by atoms with E-state index in [9.17, 15) is 9.59 Å². The summed E-state index contributed by atoms with van der Waals surface area (Å²) in [6.07, 6.45) is 0.509. The van der Waals surface area contributed by atoms with Gasteiger partial charge in [-0.05, 0) is 42.8 Å². The van der Waals surface area contributed by atoms with E-state index in [-0.39, 0.29) is 35.5 Å². The quantitative estimate of drug-likeness (QED) is 0.294. The van der Waals surface area contributed by atoms with Gasteiger partial charge in [-0.2, -0.15) is 9.97 Å². The fourth-order valence-electron chi connectivity index (χ4n) is 4.05. The molecule has 4 rings (SSSR count). The minimum absolute atomic E-state index is 0.0301. The predicted molar refractivity (Wildman–Crippen MR) is 143 cm³/mol. The molecule has 10 nitrogen and oxygen atoms in total. The third-order valence-electron chi connectivity index (χ3n) is 6.02. The van der Waals surface area contributed by atoms with Gasteiger partial charge in [-0.3, -0.25) is 15.0 Å². The van der Waals surface area contributed by atoms with E-state index in [1.54, 1.807) is 52.6 Å². The van der Waals surface area contributed by atoms with Gasteiger partial charge in [-0.15, -0.1) is 0 Å². The van der Waals surface area contributed by atoms with Crippen LogP contribution < -0.4 is 15.1 Å². The number of aromatic nitrogens is 4. The number of carbonyl (C=O) groups excluding carboxylic acids is 2. The molecule has 12 heteroatoms. The average Bonchev–Trinajstić information content (AvgIpc) is 3.19. The Balaban J connectivity index is 1.53. The van der Waals surface area contributed by atoms with Gasteiger partial charge < -0.3 is 23.5 Å². The number of hydrogen-bond acceptors (Lipinski definition) is 7. The molecule has 0 radical (unpaired) electrons. The van der Waals surface area contributed by atoms with Gasteiger partial charge in [-0.1, -0.05) is 29.3 Å². The number of carbonyl (C=O) groups is 2. The number of Topliss-reactive ketones (excluding diaryl/α,β-unsaturated/α-hetero) is 1. The number of amides is 1. The van der Waals surface area contributed by atoms with E-state index in [1.165, 1.54) is 25.2 Å². The summed E-state index contributed by atoms with van der Waals surface area (Å²) in [7, 11) is 4.53. The van der Waals surface area contributed by atoms with E-state index in [4.69, 9.17) is 38.1 Å². The number of rotatable bonds is 10. The summed E-state index contributed by atoms with van der Waals surface area (Å²) in [4.78, 5) is 35.6. The lowest BCUT2D eigenvalue weighted by Gasteiger charge is -2.17. The molecule has 2 aromatic heterocycles. The van der Waals surface area contributed by atoms with Crippen molar-refractivity contribution in [2.24, 2.45) is 0 Å². The molecule has 0 atom stereocenters. The highest BCUT2D eigenvalue weighted by Crippen LogP contribution is 2.24. The maximum Gasteiger partial charge on any atom is 0.291 e. The van der Waals surface area contributed by atoms with Crippen LogP contribution in [-0.4, -0.2) is 63.5 Å². The molecule has 0 aliphatic heterocycles. The third-order valence-corrected chi connectivity index (χ3v) is 6.57. The van der Waals surface area contributed by atoms with Gasteiger partial charge in [0.1, 0.15) is 0 Å². The lowest BCUT2D eigenvalue weighted by atomic mass is 10.1. The van der Waals surface area contributed by atoms with Crippen LogP contribution in [-0.2, 0) is 13.1 Å². The highest BCUT2D eigenvalue weighted by Gasteiger charge is 2.20. The Kier molecular flexibility index (Phi) is 8.33. The molecule has 0 fully saturated rings. The van der Waals surface area contributed by atoms with E-state index >= 15 is 0 Å². The van der Waals surface area contributed by atoms with E-state index in [1.807, 2.05) is 6.07 Å². The van der Waals surface area contributed by atoms with Gasteiger partial charge in [-0.25, -0.2) is 0 Å². The molecule has 0 saturated carbocycles. The fourth-order valence-corrected chi connectivity index (χ4v) is 4.45. The molecule has 0 aliphatic carbocycles. The van der Waals surface area contributed by atoms with Crippen LogP contribution in [0, 0.1) is 5.41 Å². The van der Waals surface area contributed by atoms with Crippen molar-refractivity contribution in [1.29, 1.82) is 5.41 Å². The molecule has 0 aliphatic rings. The molecule has 4 aromatic rings. The van der Waals surface area contributed by atoms with Crippen molar-refractivity contribution in [2.75, 3.05) is 27.8 Å². The second-order valence-corrected chi connectivity index (χ2v) is 9.30. The number of nitrogens with zero attached hydrogens (tertiary/aromatic N) is 5. The number of nitrogens with one attached hydrogen (secondary N) is 1. The van der Waals surface area contributed by atoms with Crippen LogP contribution in [0.1, 0.15) is 27.4 Å². The smallest absolute Gasteiger partial charge is 0.291 e. The number of halogens is 2. The topological polar surface area (TPSA) is 115 Å². The monoisotopic (exact) mass is 556 g/mol. The summed E-state index contributed by atoms with van der Waals surface area (Å²) in [6.45, 7) is 0.716. The highest BCUT2D eigenvalue weighted by molar-refractivity contribution is 6.35. The van der Waals surface area contributed by atoms with E-state index in [2.05, 4.69) is 9.97 Å². The molecule has 0 bridgehead atoms. The van der Waals surface area contributed by atoms with Crippen molar-refractivity contribution in [3.8, 4) is 11.8 Å². The molecule has 0 unspecified atom stereocenters. The van der Waals surface area contributed by atoms with E-state index in [0.29, 0.717) is 46.2 Å². The number of aryl methyl sites for hydroxylation is 1. The van der Waals surface area contributed by atoms with Crippen LogP contribution in [0.4, 0.5) is 0 Å². The molecule has 2 aromatic carbocycles. The number of para-hydroxylation sites is 1. The first-order valence-corrected chi connectivity index (χ1v) is 12.4. The van der Waals surface area contributed by atoms with Gasteiger partial charge in [0.25, 0.3) is 5.91 Å². The molecule has 38 heavy (non-hydrogen) atoms. The molecule has 1 amide bonds. The first kappa shape index (κ1) is 27.2. The van der Waals surface area contributed by atoms with Crippen molar-refractivity contribution >= 4 is 45.9 Å². The summed E-state index contributed by atoms with van der Waals surface area (Å²) in [6, 6.07) is 13.5. The molecule has 1 N–H and O–H groups in total. The SMILES string of the molecule is COc1cc(OC)nc(C(=O)N(C)CCCn2c(=N)n(CC(=O)c3ccc(Cl)cc3)c3cccc(Cl)c32)n1. The summed E-state index contributed by atoms with van der Waals surface area (Å²) in [5.41, 5.74) is 1.95. The Hall–Kier alpha value is -3.89. The van der Waals surface area contributed by atoms with Crippen molar-refractivity contribution in [1.82, 2.24) is 24.0 Å². The van der Waals surface area contributed by atoms with Crippen LogP contribution >= 0.6 is 23.2 Å². The van der Waals surface area contributed by atoms with Crippen molar-refractivity contribution in [2.45, 2.75) is 19.5 Å². The van der Waals surface area contributed by atoms with E-state index < -0.39 is 5.91 Å². The molecule has 0 spiro atoms. The van der Waals surface area contributed by atoms with Gasteiger partial charge in [0, 0.05) is 30.7 Å². The minimum atomic E-state index is -0.396. The number of hydrogen-bond donors (Lipinski definition) is 1. The molecular formula is C26H26Cl2N6O4. The third kappa shape index (κ3) is 5.66. The van der Waals surface area contributed by atoms with Crippen molar-refractivity contribution in [3.63, 3.8) is 0 Å². The van der Waals surface area contributed by atoms with Crippen LogP contribution in [0.3, 0.4) is 0 Å². The van der Waals surface area contributed by atoms with Crippen LogP contribution in [0.5, 0.6) is 11.8 Å². The number of benzene rings is 2. The summed E-state index contributed by atoms with van der Waals surface area (Å²) < 4.78 is 13.6. The molecular weight excluding hydrogens is 531 g/mol. The normalized spacial score (nSPS) is 11.0. The number of imidazole rings is 1. The lowest BCUT2D eigenvalue weighted by Crippen LogP contribution is -2.31. The summed E-state index contributed by atoms with van der Waals surface area (Å²) in [5, 5.41) is 9.83. The lowest BCUT2D eigenvalue weighted by molar-refractivity contribution is 0.0777. The zero-order valence-electron chi connectivity index (χ0n) is 21.1. The Labute approximate surface area is 228 Å². The van der Waals surface area contributed by atoms with Gasteiger partial charge in [0.05, 0.1) is 42.9 Å². The number of ether oxygens (including phenoxy) is 2. The van der Waals surface area contributed by atoms with Crippen LogP contribution in [0.15, 0.2) is 48.5 Å². The maximum atomic E-state index is 13.0. The molecule has 2 heterocycles. The van der Waals surface area contributed by atoms with Gasteiger partial charge in [0.2, 0.25) is 23.2 Å². The highest BCUT2D eigenvalue weighted by atomic mass is 35.5. The second kappa shape index (κ2) is 11.7. The Morgan fingerprint density at radius 2 is 1.66 bits per heavy atom. The van der Waals surface area contributed by atoms with Gasteiger partial charge >= 0.3 is 0 Å². The Bertz CT molecular complexity index is 1530. The predicted octanol–water partition coefficient (Wildman–Crippen LogP) is 4.08. The molecule has 198 valence electrons. The average molecular weight is 557 g/mol. The Morgan fingerprint density at radius 3 is 2.29 bits per heavy atom. The fraction of sp³-hybridized carbons (Fsp3) is 0.269.